The Morgan fingerprint density at radius 1 is 1.29 bits per heavy atom. The van der Waals surface area contributed by atoms with E-state index in [1.165, 1.54) is 0 Å². The second-order valence-corrected chi connectivity index (χ2v) is 15.5. The van der Waals surface area contributed by atoms with Gasteiger partial charge >= 0.3 is 0 Å². The number of rotatable bonds is 1. The van der Waals surface area contributed by atoms with Crippen LogP contribution in [0.4, 0.5) is 0 Å². The standard InChI is InChI=1S/C7H10NO.C2H3I3/c1-8-4-2-7(6-9)3-5-8;1-2(3,4)5/h2-5,9H,6H2,1H3;1H3/q+1;. The molecule has 0 aliphatic carbocycles. The Labute approximate surface area is 126 Å². The molecule has 0 bridgehead atoms. The van der Waals surface area contributed by atoms with E-state index in [0.29, 0.717) is -0.565 Å². The summed E-state index contributed by atoms with van der Waals surface area (Å²) in [5, 5.41) is 8.62. The first-order valence-electron chi connectivity index (χ1n) is 3.94. The Morgan fingerprint density at radius 2 is 1.64 bits per heavy atom. The number of nitrogens with zero attached hydrogens (tertiary/aromatic N) is 1. The first-order valence-corrected chi connectivity index (χ1v) is 7.18. The van der Waals surface area contributed by atoms with E-state index < -0.39 is 0 Å². The summed E-state index contributed by atoms with van der Waals surface area (Å²) in [7, 11) is 1.95. The van der Waals surface area contributed by atoms with E-state index in [0.717, 1.165) is 5.56 Å². The molecule has 0 atom stereocenters. The van der Waals surface area contributed by atoms with Crippen LogP contribution < -0.4 is 4.57 Å². The largest absolute Gasteiger partial charge is 0.392 e. The van der Waals surface area contributed by atoms with Crippen LogP contribution in [0.5, 0.6) is 0 Å². The van der Waals surface area contributed by atoms with Gasteiger partial charge < -0.3 is 5.11 Å². The van der Waals surface area contributed by atoms with Crippen molar-refractivity contribution in [1.29, 1.82) is 0 Å². The molecular weight excluding hydrogens is 519 g/mol. The number of aryl methyl sites for hydroxylation is 1. The molecule has 0 radical (unpaired) electrons. The highest BCUT2D eigenvalue weighted by Gasteiger charge is 2.04. The van der Waals surface area contributed by atoms with Crippen LogP contribution in [-0.2, 0) is 13.7 Å². The van der Waals surface area contributed by atoms with Crippen molar-refractivity contribution in [2.75, 3.05) is 0 Å². The van der Waals surface area contributed by atoms with Crippen LogP contribution in [0.1, 0.15) is 12.5 Å². The van der Waals surface area contributed by atoms with E-state index in [9.17, 15) is 0 Å². The molecule has 2 nitrogen and oxygen atoms in total. The van der Waals surface area contributed by atoms with E-state index in [4.69, 9.17) is 5.11 Å². The molecule has 80 valence electrons. The van der Waals surface area contributed by atoms with E-state index in [1.54, 1.807) is 0 Å². The minimum atomic E-state index is 0.126. The molecule has 1 aromatic heterocycles. The summed E-state index contributed by atoms with van der Waals surface area (Å²) in [6, 6.07) is 3.78. The average Bonchev–Trinajstić information content (AvgIpc) is 2.03. The van der Waals surface area contributed by atoms with Gasteiger partial charge in [-0.15, -0.1) is 0 Å². The third-order valence-corrected chi connectivity index (χ3v) is 1.23. The zero-order chi connectivity index (χ0) is 11.2. The minimum absolute atomic E-state index is 0.126. The average molecular weight is 532 g/mol. The molecule has 1 aromatic rings. The third kappa shape index (κ3) is 11.4. The molecule has 5 heteroatoms. The zero-order valence-electron chi connectivity index (χ0n) is 8.04. The Bertz CT molecular complexity index is 250. The fourth-order valence-electron chi connectivity index (χ4n) is 0.637. The molecule has 0 spiro atoms. The lowest BCUT2D eigenvalue weighted by Gasteiger charge is -1.96. The third-order valence-electron chi connectivity index (χ3n) is 1.23. The molecule has 0 fully saturated rings. The predicted octanol–water partition coefficient (Wildman–Crippen LogP) is 2.97. The molecule has 0 unspecified atom stereocenters. The maximum Gasteiger partial charge on any atom is 0.168 e. The summed E-state index contributed by atoms with van der Waals surface area (Å²) in [5.41, 5.74) is 0.952. The molecule has 0 amide bonds. The zero-order valence-corrected chi connectivity index (χ0v) is 14.5. The van der Waals surface area contributed by atoms with Crippen molar-refractivity contribution in [1.82, 2.24) is 0 Å². The van der Waals surface area contributed by atoms with Crippen LogP contribution in [0.15, 0.2) is 24.5 Å². The SMILES string of the molecule is CC(I)(I)I.C[n+]1ccc(CO)cc1. The van der Waals surface area contributed by atoms with Crippen molar-refractivity contribution in [3.63, 3.8) is 0 Å². The van der Waals surface area contributed by atoms with Gasteiger partial charge in [0, 0.05) is 12.1 Å². The quantitative estimate of drug-likeness (QED) is 0.336. The van der Waals surface area contributed by atoms with Crippen molar-refractivity contribution in [3.05, 3.63) is 30.1 Å². The van der Waals surface area contributed by atoms with E-state index in [1.807, 2.05) is 36.1 Å². The smallest absolute Gasteiger partial charge is 0.168 e. The number of alkyl halides is 3. The monoisotopic (exact) mass is 532 g/mol. The van der Waals surface area contributed by atoms with Gasteiger partial charge in [0.15, 0.2) is 12.4 Å². The van der Waals surface area contributed by atoms with Gasteiger partial charge in [0.1, 0.15) is 6.48 Å². The number of aliphatic hydroxyl groups is 1. The maximum atomic E-state index is 8.62. The number of hydrogen-bond donors (Lipinski definition) is 1. The Balaban J connectivity index is 0.000000292. The Kier molecular flexibility index (Phi) is 8.25. The highest BCUT2D eigenvalue weighted by Crippen LogP contribution is 2.33. The predicted molar refractivity (Wildman–Crippen MR) is 84.0 cm³/mol. The highest BCUT2D eigenvalue weighted by molar-refractivity contribution is 14.3. The van der Waals surface area contributed by atoms with Gasteiger partial charge in [-0.1, -0.05) is 67.8 Å². The molecule has 1 rings (SSSR count). The van der Waals surface area contributed by atoms with Crippen LogP contribution >= 0.6 is 67.8 Å². The highest BCUT2D eigenvalue weighted by atomic mass is 127. The number of aromatic nitrogens is 1. The molecule has 0 aliphatic heterocycles. The van der Waals surface area contributed by atoms with Crippen LogP contribution in [0.25, 0.3) is 0 Å². The molecule has 1 heterocycles. The normalized spacial score (nSPS) is 10.4. The molecule has 0 aliphatic rings. The number of pyridine rings is 1. The molecule has 1 N–H and O–H groups in total. The lowest BCUT2D eigenvalue weighted by atomic mass is 10.3. The fraction of sp³-hybridized carbons (Fsp3) is 0.444. The summed E-state index contributed by atoms with van der Waals surface area (Å²) in [5.74, 6) is 0. The molecule has 14 heavy (non-hydrogen) atoms. The molecule has 0 aromatic carbocycles. The molecular formula is C9H13I3NO+. The van der Waals surface area contributed by atoms with Crippen molar-refractivity contribution in [2.24, 2.45) is 7.05 Å². The van der Waals surface area contributed by atoms with Crippen molar-refractivity contribution >= 4 is 67.8 Å². The van der Waals surface area contributed by atoms with Crippen molar-refractivity contribution in [3.8, 4) is 0 Å². The number of hydrogen-bond acceptors (Lipinski definition) is 1. The van der Waals surface area contributed by atoms with E-state index >= 15 is 0 Å². The van der Waals surface area contributed by atoms with E-state index in [2.05, 4.69) is 74.7 Å². The van der Waals surface area contributed by atoms with Crippen molar-refractivity contribution in [2.45, 2.75) is 13.0 Å². The second-order valence-electron chi connectivity index (χ2n) is 2.81. The van der Waals surface area contributed by atoms with Crippen molar-refractivity contribution < 1.29 is 9.67 Å². The van der Waals surface area contributed by atoms with E-state index in [-0.39, 0.29) is 6.61 Å². The minimum Gasteiger partial charge on any atom is -0.392 e. The maximum absolute atomic E-state index is 8.62. The summed E-state index contributed by atoms with van der Waals surface area (Å²) >= 11 is 7.05. The fourth-order valence-corrected chi connectivity index (χ4v) is 0.637. The summed E-state index contributed by atoms with van der Waals surface area (Å²) in [4.78, 5) is 0. The van der Waals surface area contributed by atoms with Gasteiger partial charge in [0.2, 0.25) is 0 Å². The number of halogens is 3. The van der Waals surface area contributed by atoms with Crippen LogP contribution in [-0.4, -0.2) is 4.54 Å². The molecule has 0 saturated heterocycles. The second kappa shape index (κ2) is 7.55. The van der Waals surface area contributed by atoms with Crippen LogP contribution in [0.2, 0.25) is 0 Å². The number of aliphatic hydroxyl groups excluding tert-OH is 1. The summed E-state index contributed by atoms with van der Waals surface area (Å²) < 4.78 is 2.34. The first kappa shape index (κ1) is 15.3. The first-order chi connectivity index (χ1) is 6.33. The van der Waals surface area contributed by atoms with Gasteiger partial charge in [-0.2, -0.15) is 0 Å². The van der Waals surface area contributed by atoms with Crippen LogP contribution in [0, 0.1) is 0 Å². The Morgan fingerprint density at radius 3 is 1.93 bits per heavy atom. The summed E-state index contributed by atoms with van der Waals surface area (Å²) in [6.07, 6.45) is 3.82. The summed E-state index contributed by atoms with van der Waals surface area (Å²) in [6.45, 7) is 2.27. The lowest BCUT2D eigenvalue weighted by Crippen LogP contribution is -2.25. The van der Waals surface area contributed by atoms with Crippen LogP contribution in [0.3, 0.4) is 0 Å². The van der Waals surface area contributed by atoms with Gasteiger partial charge in [0.25, 0.3) is 0 Å². The van der Waals surface area contributed by atoms with Gasteiger partial charge in [-0.05, 0) is 12.5 Å². The lowest BCUT2D eigenvalue weighted by molar-refractivity contribution is -0.671. The van der Waals surface area contributed by atoms with Gasteiger partial charge in [-0.25, -0.2) is 4.57 Å². The molecule has 0 saturated carbocycles. The Hall–Kier alpha value is 1.30. The van der Waals surface area contributed by atoms with Gasteiger partial charge in [0.05, 0.1) is 6.61 Å². The van der Waals surface area contributed by atoms with Gasteiger partial charge in [-0.3, -0.25) is 0 Å². The topological polar surface area (TPSA) is 24.1 Å².